The molecule has 0 aliphatic carbocycles. The SMILES string of the molecule is CCCCc1cc(N=Cc2cccc(-c3ccccc3)c2O)ccc1-c1ccccc1.[Cl][Zr][Cl]. The standard InChI is InChI=1S/C29H27NO.2ClH.Zr/c1-2-3-11-24-20-26(18-19-27(24)22-12-6-4-7-13-22)30-21-25-16-10-17-28(29(25)31)23-14-8-5-9-15-23;;;/h4-10,12-21,31H,2-3,11H2,1H3;2*1H;/q;;;+2/p-2. The number of aromatic hydroxyl groups is 1. The summed E-state index contributed by atoms with van der Waals surface area (Å²) in [6, 6.07) is 32.6. The molecular weight excluding hydrogens is 540 g/mol. The molecule has 0 bridgehead atoms. The molecule has 0 radical (unpaired) electrons. The molecule has 0 fully saturated rings. The summed E-state index contributed by atoms with van der Waals surface area (Å²) in [5, 5.41) is 10.8. The fourth-order valence-corrected chi connectivity index (χ4v) is 3.79. The Bertz CT molecular complexity index is 1200. The molecule has 2 nitrogen and oxygen atoms in total. The molecule has 34 heavy (non-hydrogen) atoms. The van der Waals surface area contributed by atoms with Gasteiger partial charge in [0.1, 0.15) is 5.75 Å². The number of hydrogen-bond donors (Lipinski definition) is 1. The second-order valence-electron chi connectivity index (χ2n) is 7.75. The molecule has 0 amide bonds. The van der Waals surface area contributed by atoms with Crippen LogP contribution in [0.4, 0.5) is 5.69 Å². The van der Waals surface area contributed by atoms with E-state index in [9.17, 15) is 5.11 Å². The van der Waals surface area contributed by atoms with Gasteiger partial charge in [-0.15, -0.1) is 0 Å². The van der Waals surface area contributed by atoms with Crippen LogP contribution in [0.25, 0.3) is 22.3 Å². The summed E-state index contributed by atoms with van der Waals surface area (Å²) in [5.41, 5.74) is 7.22. The summed E-state index contributed by atoms with van der Waals surface area (Å²) in [4.78, 5) is 4.69. The Kier molecular flexibility index (Phi) is 11.1. The summed E-state index contributed by atoms with van der Waals surface area (Å²) >= 11 is -0.826. The third kappa shape index (κ3) is 7.41. The van der Waals surface area contributed by atoms with Gasteiger partial charge < -0.3 is 5.11 Å². The van der Waals surface area contributed by atoms with Crippen LogP contribution in [-0.4, -0.2) is 11.3 Å². The number of phenolic OH excluding ortho intramolecular Hbond substituents is 1. The fourth-order valence-electron chi connectivity index (χ4n) is 3.79. The number of nitrogens with zero attached hydrogens (tertiary/aromatic N) is 1. The van der Waals surface area contributed by atoms with E-state index in [0.717, 1.165) is 36.1 Å². The van der Waals surface area contributed by atoms with Gasteiger partial charge in [0, 0.05) is 17.3 Å². The maximum absolute atomic E-state index is 10.8. The quantitative estimate of drug-likeness (QED) is 0.222. The van der Waals surface area contributed by atoms with Gasteiger partial charge in [0.25, 0.3) is 0 Å². The number of halogens is 2. The number of rotatable bonds is 7. The van der Waals surface area contributed by atoms with Gasteiger partial charge in [-0.25, -0.2) is 0 Å². The molecule has 0 spiro atoms. The number of para-hydroxylation sites is 1. The van der Waals surface area contributed by atoms with Crippen molar-refractivity contribution in [3.05, 3.63) is 108 Å². The van der Waals surface area contributed by atoms with Gasteiger partial charge in [0.2, 0.25) is 0 Å². The molecule has 1 N–H and O–H groups in total. The molecule has 0 saturated carbocycles. The first-order chi connectivity index (χ1) is 16.7. The maximum atomic E-state index is 10.8. The van der Waals surface area contributed by atoms with Crippen LogP contribution >= 0.6 is 17.0 Å². The summed E-state index contributed by atoms with van der Waals surface area (Å²) < 4.78 is 0. The van der Waals surface area contributed by atoms with E-state index in [4.69, 9.17) is 22.0 Å². The average molecular weight is 568 g/mol. The molecule has 0 aliphatic heterocycles. The molecule has 4 aromatic rings. The van der Waals surface area contributed by atoms with Crippen molar-refractivity contribution >= 4 is 28.9 Å². The van der Waals surface area contributed by atoms with E-state index in [-0.39, 0.29) is 5.75 Å². The third-order valence-electron chi connectivity index (χ3n) is 5.48. The normalized spacial score (nSPS) is 10.6. The summed E-state index contributed by atoms with van der Waals surface area (Å²) in [5.74, 6) is 0.254. The van der Waals surface area contributed by atoms with Gasteiger partial charge in [-0.3, -0.25) is 4.99 Å². The number of hydrogen-bond acceptors (Lipinski definition) is 2. The zero-order valence-corrected chi connectivity index (χ0v) is 23.1. The van der Waals surface area contributed by atoms with Crippen LogP contribution in [0.5, 0.6) is 5.75 Å². The van der Waals surface area contributed by atoms with E-state index in [2.05, 4.69) is 43.3 Å². The minimum atomic E-state index is -0.826. The molecule has 172 valence electrons. The van der Waals surface area contributed by atoms with Crippen molar-refractivity contribution in [3.63, 3.8) is 0 Å². The number of unbranched alkanes of at least 4 members (excludes halogenated alkanes) is 1. The zero-order chi connectivity index (χ0) is 24.2. The van der Waals surface area contributed by atoms with Crippen LogP contribution < -0.4 is 0 Å². The Labute approximate surface area is 221 Å². The Balaban J connectivity index is 0.00000103. The van der Waals surface area contributed by atoms with Crippen molar-refractivity contribution in [2.75, 3.05) is 0 Å². The van der Waals surface area contributed by atoms with Gasteiger partial charge in [-0.2, -0.15) is 0 Å². The van der Waals surface area contributed by atoms with E-state index in [1.165, 1.54) is 16.7 Å². The van der Waals surface area contributed by atoms with Crippen LogP contribution in [0.1, 0.15) is 30.9 Å². The van der Waals surface area contributed by atoms with E-state index < -0.39 is 20.8 Å². The Hall–Kier alpha value is -2.19. The first kappa shape index (κ1) is 26.4. The number of benzene rings is 4. The number of aliphatic imine (C=N–C) groups is 1. The van der Waals surface area contributed by atoms with Gasteiger partial charge >= 0.3 is 37.9 Å². The predicted molar refractivity (Wildman–Crippen MR) is 143 cm³/mol. The summed E-state index contributed by atoms with van der Waals surface area (Å²) in [7, 11) is 9.87. The Morgan fingerprint density at radius 3 is 2.03 bits per heavy atom. The van der Waals surface area contributed by atoms with Gasteiger partial charge in [0.15, 0.2) is 0 Å². The first-order valence-electron chi connectivity index (χ1n) is 11.2. The predicted octanol–water partition coefficient (Wildman–Crippen LogP) is 9.20. The van der Waals surface area contributed by atoms with E-state index in [1.54, 1.807) is 6.21 Å². The Morgan fingerprint density at radius 2 is 1.41 bits per heavy atom. The van der Waals surface area contributed by atoms with Crippen molar-refractivity contribution in [2.24, 2.45) is 4.99 Å². The van der Waals surface area contributed by atoms with Crippen LogP contribution in [0.15, 0.2) is 102 Å². The summed E-state index contributed by atoms with van der Waals surface area (Å²) in [6.45, 7) is 2.21. The van der Waals surface area contributed by atoms with Crippen molar-refractivity contribution in [3.8, 4) is 28.0 Å². The molecule has 0 unspecified atom stereocenters. The monoisotopic (exact) mass is 565 g/mol. The molecule has 0 heterocycles. The van der Waals surface area contributed by atoms with Gasteiger partial charge in [-0.05, 0) is 53.3 Å². The molecule has 0 atom stereocenters. The first-order valence-corrected chi connectivity index (χ1v) is 17.6. The van der Waals surface area contributed by atoms with Gasteiger partial charge in [0.05, 0.1) is 5.69 Å². The van der Waals surface area contributed by atoms with Crippen LogP contribution in [0, 0.1) is 0 Å². The molecule has 4 aromatic carbocycles. The van der Waals surface area contributed by atoms with E-state index in [1.807, 2.05) is 60.7 Å². The van der Waals surface area contributed by atoms with Crippen LogP contribution in [-0.2, 0) is 27.3 Å². The third-order valence-corrected chi connectivity index (χ3v) is 5.48. The van der Waals surface area contributed by atoms with Crippen molar-refractivity contribution in [2.45, 2.75) is 26.2 Å². The number of aryl methyl sites for hydroxylation is 1. The van der Waals surface area contributed by atoms with E-state index in [0.29, 0.717) is 5.56 Å². The minimum absolute atomic E-state index is 0.254. The van der Waals surface area contributed by atoms with Gasteiger partial charge in [-0.1, -0.05) is 92.2 Å². The zero-order valence-electron chi connectivity index (χ0n) is 19.1. The van der Waals surface area contributed by atoms with Crippen molar-refractivity contribution in [1.29, 1.82) is 0 Å². The second kappa shape index (κ2) is 14.3. The average Bonchev–Trinajstić information content (AvgIpc) is 2.88. The van der Waals surface area contributed by atoms with Crippen molar-refractivity contribution < 1.29 is 26.0 Å². The summed E-state index contributed by atoms with van der Waals surface area (Å²) in [6.07, 6.45) is 5.08. The van der Waals surface area contributed by atoms with E-state index >= 15 is 0 Å². The van der Waals surface area contributed by atoms with Crippen LogP contribution in [0.2, 0.25) is 0 Å². The topological polar surface area (TPSA) is 32.6 Å². The fraction of sp³-hybridized carbons (Fsp3) is 0.138. The number of phenols is 1. The molecule has 0 saturated heterocycles. The molecule has 5 heteroatoms. The van der Waals surface area contributed by atoms with Crippen molar-refractivity contribution in [1.82, 2.24) is 0 Å². The second-order valence-corrected chi connectivity index (χ2v) is 11.5. The molecular formula is C29H27Cl2NOZr. The molecule has 0 aliphatic rings. The van der Waals surface area contributed by atoms with Crippen LogP contribution in [0.3, 0.4) is 0 Å². The molecule has 0 aromatic heterocycles. The molecule has 4 rings (SSSR count). The Morgan fingerprint density at radius 1 is 0.794 bits per heavy atom.